The van der Waals surface area contributed by atoms with Crippen molar-refractivity contribution in [3.63, 3.8) is 0 Å². The number of rotatable bonds is 6. The van der Waals surface area contributed by atoms with E-state index >= 15 is 0 Å². The van der Waals surface area contributed by atoms with Crippen LogP contribution in [0.15, 0.2) is 18.2 Å². The highest BCUT2D eigenvalue weighted by Crippen LogP contribution is 2.25. The predicted molar refractivity (Wildman–Crippen MR) is 78.8 cm³/mol. The second kappa shape index (κ2) is 7.36. The Morgan fingerprint density at radius 3 is 2.74 bits per heavy atom. The molecular formula is C14H21ClN2O2. The Labute approximate surface area is 119 Å². The highest BCUT2D eigenvalue weighted by Gasteiger charge is 2.16. The van der Waals surface area contributed by atoms with Crippen LogP contribution in [0.2, 0.25) is 5.02 Å². The molecule has 0 radical (unpaired) electrons. The minimum absolute atomic E-state index is 0.277. The lowest BCUT2D eigenvalue weighted by Crippen LogP contribution is -2.30. The molecule has 0 saturated carbocycles. The number of anilines is 1. The van der Waals surface area contributed by atoms with Crippen LogP contribution in [0.3, 0.4) is 0 Å². The molecule has 106 valence electrons. The maximum Gasteiger partial charge on any atom is 0.328 e. The molecule has 0 saturated heterocycles. The molecule has 1 aromatic carbocycles. The standard InChI is InChI=1S/C14H21ClN2O2/c1-10-6-5-7-12(15)13(10)16-11(2)14(18)19-9-8-17(3)4/h5-7,11,16H,8-9H2,1-4H3/t11-/m0/s1. The maximum atomic E-state index is 11.8. The first-order chi connectivity index (χ1) is 8.91. The lowest BCUT2D eigenvalue weighted by Gasteiger charge is -2.18. The zero-order chi connectivity index (χ0) is 14.4. The molecule has 5 heteroatoms. The molecule has 0 aromatic heterocycles. The van der Waals surface area contributed by atoms with Crippen molar-refractivity contribution in [3.8, 4) is 0 Å². The molecule has 0 aliphatic rings. The lowest BCUT2D eigenvalue weighted by atomic mass is 10.2. The monoisotopic (exact) mass is 284 g/mol. The van der Waals surface area contributed by atoms with E-state index in [0.29, 0.717) is 18.2 Å². The third-order valence-corrected chi connectivity index (χ3v) is 3.03. The molecule has 0 bridgehead atoms. The fraction of sp³-hybridized carbons (Fsp3) is 0.500. The molecule has 0 amide bonds. The zero-order valence-electron chi connectivity index (χ0n) is 11.9. The minimum Gasteiger partial charge on any atom is -0.463 e. The Bertz CT molecular complexity index is 415. The summed E-state index contributed by atoms with van der Waals surface area (Å²) in [6, 6.07) is 5.18. The molecule has 1 aromatic rings. The van der Waals surface area contributed by atoms with Crippen LogP contribution in [0.25, 0.3) is 0 Å². The van der Waals surface area contributed by atoms with E-state index in [1.807, 2.05) is 38.1 Å². The van der Waals surface area contributed by atoms with Crippen molar-refractivity contribution in [2.45, 2.75) is 19.9 Å². The van der Waals surface area contributed by atoms with Crippen molar-refractivity contribution in [2.75, 3.05) is 32.6 Å². The van der Waals surface area contributed by atoms with Gasteiger partial charge in [0.1, 0.15) is 12.6 Å². The number of hydrogen-bond acceptors (Lipinski definition) is 4. The fourth-order valence-corrected chi connectivity index (χ4v) is 1.82. The molecule has 4 nitrogen and oxygen atoms in total. The summed E-state index contributed by atoms with van der Waals surface area (Å²) in [7, 11) is 3.87. The van der Waals surface area contributed by atoms with Gasteiger partial charge in [-0.2, -0.15) is 0 Å². The van der Waals surface area contributed by atoms with Crippen molar-refractivity contribution in [1.82, 2.24) is 4.90 Å². The van der Waals surface area contributed by atoms with Crippen LogP contribution in [-0.4, -0.2) is 44.2 Å². The molecule has 0 spiro atoms. The van der Waals surface area contributed by atoms with Gasteiger partial charge in [-0.3, -0.25) is 0 Å². The molecule has 1 rings (SSSR count). The molecule has 1 N–H and O–H groups in total. The van der Waals surface area contributed by atoms with E-state index in [1.54, 1.807) is 13.0 Å². The molecule has 0 fully saturated rings. The molecule has 0 aliphatic carbocycles. The number of carbonyl (C=O) groups excluding carboxylic acids is 1. The third-order valence-electron chi connectivity index (χ3n) is 2.72. The molecule has 0 heterocycles. The Kier molecular flexibility index (Phi) is 6.12. The summed E-state index contributed by atoms with van der Waals surface area (Å²) in [6.45, 7) is 4.81. The topological polar surface area (TPSA) is 41.6 Å². The Hall–Kier alpha value is -1.26. The number of esters is 1. The number of nitrogens with zero attached hydrogens (tertiary/aromatic N) is 1. The van der Waals surface area contributed by atoms with Crippen LogP contribution < -0.4 is 5.32 Å². The van der Waals surface area contributed by atoms with Crippen LogP contribution in [0, 0.1) is 6.92 Å². The first-order valence-electron chi connectivity index (χ1n) is 6.25. The van der Waals surface area contributed by atoms with Gasteiger partial charge in [0, 0.05) is 6.54 Å². The molecule has 0 aliphatic heterocycles. The first kappa shape index (κ1) is 15.8. The summed E-state index contributed by atoms with van der Waals surface area (Å²) < 4.78 is 5.18. The number of carbonyl (C=O) groups is 1. The van der Waals surface area contributed by atoms with Crippen molar-refractivity contribution in [3.05, 3.63) is 28.8 Å². The largest absolute Gasteiger partial charge is 0.463 e. The number of para-hydroxylation sites is 1. The number of aryl methyl sites for hydroxylation is 1. The van der Waals surface area contributed by atoms with Gasteiger partial charge in [-0.1, -0.05) is 23.7 Å². The minimum atomic E-state index is -0.430. The van der Waals surface area contributed by atoms with Gasteiger partial charge in [-0.15, -0.1) is 0 Å². The molecule has 1 atom stereocenters. The van der Waals surface area contributed by atoms with E-state index in [1.165, 1.54) is 0 Å². The molecule has 0 unspecified atom stereocenters. The third kappa shape index (κ3) is 5.09. The second-order valence-corrected chi connectivity index (χ2v) is 5.18. The summed E-state index contributed by atoms with van der Waals surface area (Å²) in [5, 5.41) is 3.70. The summed E-state index contributed by atoms with van der Waals surface area (Å²) in [6.07, 6.45) is 0. The highest BCUT2D eigenvalue weighted by molar-refractivity contribution is 6.33. The summed E-state index contributed by atoms with van der Waals surface area (Å²) in [5.41, 5.74) is 1.78. The van der Waals surface area contributed by atoms with E-state index in [9.17, 15) is 4.79 Å². The van der Waals surface area contributed by atoms with E-state index in [0.717, 1.165) is 11.3 Å². The van der Waals surface area contributed by atoms with Crippen LogP contribution in [0.5, 0.6) is 0 Å². The normalized spacial score (nSPS) is 12.3. The van der Waals surface area contributed by atoms with Gasteiger partial charge in [-0.25, -0.2) is 4.79 Å². The van der Waals surface area contributed by atoms with Crippen molar-refractivity contribution >= 4 is 23.3 Å². The van der Waals surface area contributed by atoms with Crippen LogP contribution in [-0.2, 0) is 9.53 Å². The fourth-order valence-electron chi connectivity index (χ4n) is 1.54. The Morgan fingerprint density at radius 2 is 2.16 bits per heavy atom. The second-order valence-electron chi connectivity index (χ2n) is 4.77. The number of ether oxygens (including phenoxy) is 1. The molecule has 19 heavy (non-hydrogen) atoms. The molecular weight excluding hydrogens is 264 g/mol. The number of halogens is 1. The first-order valence-corrected chi connectivity index (χ1v) is 6.62. The van der Waals surface area contributed by atoms with Crippen molar-refractivity contribution in [1.29, 1.82) is 0 Å². The van der Waals surface area contributed by atoms with Crippen molar-refractivity contribution in [2.24, 2.45) is 0 Å². The van der Waals surface area contributed by atoms with Gasteiger partial charge >= 0.3 is 5.97 Å². The SMILES string of the molecule is Cc1cccc(Cl)c1N[C@@H](C)C(=O)OCCN(C)C. The predicted octanol–water partition coefficient (Wildman–Crippen LogP) is 2.55. The quantitative estimate of drug-likeness (QED) is 0.815. The van der Waals surface area contributed by atoms with E-state index in [-0.39, 0.29) is 5.97 Å². The summed E-state index contributed by atoms with van der Waals surface area (Å²) in [5.74, 6) is -0.277. The average Bonchev–Trinajstić information content (AvgIpc) is 2.33. The highest BCUT2D eigenvalue weighted by atomic mass is 35.5. The van der Waals surface area contributed by atoms with Gasteiger partial charge < -0.3 is 15.0 Å². The van der Waals surface area contributed by atoms with Crippen LogP contribution >= 0.6 is 11.6 Å². The average molecular weight is 285 g/mol. The number of likely N-dealkylation sites (N-methyl/N-ethyl adjacent to an activating group) is 1. The van der Waals surface area contributed by atoms with Gasteiger partial charge in [0.15, 0.2) is 0 Å². The zero-order valence-corrected chi connectivity index (χ0v) is 12.6. The Morgan fingerprint density at radius 1 is 1.47 bits per heavy atom. The van der Waals surface area contributed by atoms with E-state index < -0.39 is 6.04 Å². The van der Waals surface area contributed by atoms with E-state index in [4.69, 9.17) is 16.3 Å². The van der Waals surface area contributed by atoms with E-state index in [2.05, 4.69) is 5.32 Å². The van der Waals surface area contributed by atoms with Crippen LogP contribution in [0.4, 0.5) is 5.69 Å². The van der Waals surface area contributed by atoms with Gasteiger partial charge in [0.05, 0.1) is 10.7 Å². The van der Waals surface area contributed by atoms with Gasteiger partial charge in [-0.05, 0) is 39.6 Å². The number of benzene rings is 1. The summed E-state index contributed by atoms with van der Waals surface area (Å²) >= 11 is 6.10. The number of nitrogens with one attached hydrogen (secondary N) is 1. The Balaban J connectivity index is 2.54. The maximum absolute atomic E-state index is 11.8. The lowest BCUT2D eigenvalue weighted by molar-refractivity contribution is -0.144. The van der Waals surface area contributed by atoms with Gasteiger partial charge in [0.25, 0.3) is 0 Å². The van der Waals surface area contributed by atoms with Crippen LogP contribution in [0.1, 0.15) is 12.5 Å². The van der Waals surface area contributed by atoms with Gasteiger partial charge in [0.2, 0.25) is 0 Å². The number of hydrogen-bond donors (Lipinski definition) is 1. The smallest absolute Gasteiger partial charge is 0.328 e. The summed E-state index contributed by atoms with van der Waals surface area (Å²) in [4.78, 5) is 13.8. The van der Waals surface area contributed by atoms with Crippen molar-refractivity contribution < 1.29 is 9.53 Å².